The third-order valence-corrected chi connectivity index (χ3v) is 6.75. The first-order chi connectivity index (χ1) is 13.6. The van der Waals surface area contributed by atoms with Crippen LogP contribution in [-0.2, 0) is 19.1 Å². The van der Waals surface area contributed by atoms with Crippen LogP contribution in [0.4, 0.5) is 0 Å². The molecule has 2 saturated carbocycles. The van der Waals surface area contributed by atoms with E-state index in [0.29, 0.717) is 17.4 Å². The highest BCUT2D eigenvalue weighted by molar-refractivity contribution is 6.06. The standard InChI is InChI=1S/C22H21NO5/c24-17(12-4-2-1-3-5-12)11-28-18(25)8-9-23-21(26)19-13-6-7-14(16-10-15(13)16)20(19)22(23)27/h1-7,13-16,19-20H,8-11H2. The van der Waals surface area contributed by atoms with E-state index < -0.39 is 5.97 Å². The summed E-state index contributed by atoms with van der Waals surface area (Å²) in [5.74, 6) is -0.180. The van der Waals surface area contributed by atoms with Crippen molar-refractivity contribution in [2.24, 2.45) is 35.5 Å². The summed E-state index contributed by atoms with van der Waals surface area (Å²) in [4.78, 5) is 50.9. The van der Waals surface area contributed by atoms with Crippen LogP contribution < -0.4 is 0 Å². The molecule has 0 radical (unpaired) electrons. The zero-order valence-electron chi connectivity index (χ0n) is 15.3. The smallest absolute Gasteiger partial charge is 0.308 e. The third-order valence-electron chi connectivity index (χ3n) is 6.75. The Bertz CT molecular complexity index is 855. The van der Waals surface area contributed by atoms with Crippen molar-refractivity contribution in [1.82, 2.24) is 4.90 Å². The highest BCUT2D eigenvalue weighted by Gasteiger charge is 2.66. The normalized spacial score (nSPS) is 34.2. The maximum absolute atomic E-state index is 12.8. The second-order valence-corrected chi connectivity index (χ2v) is 8.18. The Morgan fingerprint density at radius 1 is 0.964 bits per heavy atom. The number of esters is 1. The second-order valence-electron chi connectivity index (χ2n) is 8.18. The average Bonchev–Trinajstić information content (AvgIpc) is 3.50. The number of ether oxygens (including phenoxy) is 1. The average molecular weight is 379 g/mol. The number of allylic oxidation sites excluding steroid dienone is 2. The van der Waals surface area contributed by atoms with Gasteiger partial charge in [0, 0.05) is 12.1 Å². The molecule has 28 heavy (non-hydrogen) atoms. The molecule has 5 aliphatic rings. The molecule has 3 fully saturated rings. The molecule has 4 aliphatic carbocycles. The third kappa shape index (κ3) is 2.62. The van der Waals surface area contributed by atoms with Crippen molar-refractivity contribution >= 4 is 23.6 Å². The summed E-state index contributed by atoms with van der Waals surface area (Å²) in [6.45, 7) is -0.314. The van der Waals surface area contributed by atoms with Crippen LogP contribution in [0.1, 0.15) is 23.2 Å². The summed E-state index contributed by atoms with van der Waals surface area (Å²) in [5, 5.41) is 0. The molecule has 2 amide bonds. The monoisotopic (exact) mass is 379 g/mol. The van der Waals surface area contributed by atoms with Crippen molar-refractivity contribution in [3.8, 4) is 0 Å². The topological polar surface area (TPSA) is 80.8 Å². The summed E-state index contributed by atoms with van der Waals surface area (Å²) in [7, 11) is 0. The van der Waals surface area contributed by atoms with Crippen LogP contribution in [0.15, 0.2) is 42.5 Å². The van der Waals surface area contributed by atoms with Gasteiger partial charge in [-0.1, -0.05) is 42.5 Å². The Labute approximate surface area is 162 Å². The van der Waals surface area contributed by atoms with E-state index >= 15 is 0 Å². The zero-order chi connectivity index (χ0) is 19.4. The molecular weight excluding hydrogens is 358 g/mol. The molecule has 1 aromatic carbocycles. The molecule has 6 atom stereocenters. The van der Waals surface area contributed by atoms with Crippen molar-refractivity contribution in [2.45, 2.75) is 12.8 Å². The van der Waals surface area contributed by atoms with Gasteiger partial charge in [-0.3, -0.25) is 24.1 Å². The van der Waals surface area contributed by atoms with Gasteiger partial charge in [-0.25, -0.2) is 0 Å². The highest BCUT2D eigenvalue weighted by atomic mass is 16.5. The van der Waals surface area contributed by atoms with Crippen LogP contribution in [0.5, 0.6) is 0 Å². The molecule has 0 N–H and O–H groups in total. The molecule has 6 unspecified atom stereocenters. The molecule has 6 nitrogen and oxygen atoms in total. The van der Waals surface area contributed by atoms with Gasteiger partial charge in [0.1, 0.15) is 0 Å². The van der Waals surface area contributed by atoms with Gasteiger partial charge in [-0.05, 0) is 30.1 Å². The van der Waals surface area contributed by atoms with Crippen LogP contribution in [0, 0.1) is 35.5 Å². The number of carbonyl (C=O) groups is 4. The lowest BCUT2D eigenvalue weighted by molar-refractivity contribution is -0.145. The number of amides is 2. The first-order valence-electron chi connectivity index (χ1n) is 9.83. The molecular formula is C22H21NO5. The maximum atomic E-state index is 12.8. The van der Waals surface area contributed by atoms with Crippen molar-refractivity contribution in [3.63, 3.8) is 0 Å². The number of rotatable bonds is 6. The number of hydrogen-bond donors (Lipinski definition) is 0. The van der Waals surface area contributed by atoms with E-state index in [1.165, 1.54) is 4.90 Å². The molecule has 144 valence electrons. The molecule has 1 saturated heterocycles. The Balaban J connectivity index is 1.16. The van der Waals surface area contributed by atoms with E-state index in [9.17, 15) is 19.2 Å². The number of hydrogen-bond acceptors (Lipinski definition) is 5. The van der Waals surface area contributed by atoms with Crippen molar-refractivity contribution < 1.29 is 23.9 Å². The Morgan fingerprint density at radius 3 is 2.18 bits per heavy atom. The number of imide groups is 1. The molecule has 2 bridgehead atoms. The fourth-order valence-corrected chi connectivity index (χ4v) is 5.37. The molecule has 1 heterocycles. The van der Waals surface area contributed by atoms with Gasteiger partial charge in [0.15, 0.2) is 12.4 Å². The van der Waals surface area contributed by atoms with Crippen LogP contribution >= 0.6 is 0 Å². The van der Waals surface area contributed by atoms with E-state index in [1.54, 1.807) is 30.3 Å². The summed E-state index contributed by atoms with van der Waals surface area (Å²) in [6.07, 6.45) is 5.28. The molecule has 1 aromatic rings. The van der Waals surface area contributed by atoms with Crippen molar-refractivity contribution in [1.29, 1.82) is 0 Å². The Morgan fingerprint density at radius 2 is 1.57 bits per heavy atom. The van der Waals surface area contributed by atoms with Gasteiger partial charge >= 0.3 is 5.97 Å². The van der Waals surface area contributed by atoms with Crippen LogP contribution in [0.25, 0.3) is 0 Å². The number of ketones is 1. The number of carbonyl (C=O) groups excluding carboxylic acids is 4. The first-order valence-corrected chi connectivity index (χ1v) is 9.83. The van der Waals surface area contributed by atoms with Gasteiger partial charge in [0.25, 0.3) is 0 Å². The zero-order valence-corrected chi connectivity index (χ0v) is 15.3. The fraction of sp³-hybridized carbons (Fsp3) is 0.455. The predicted octanol–water partition coefficient (Wildman–Crippen LogP) is 1.86. The maximum Gasteiger partial charge on any atom is 0.308 e. The minimum Gasteiger partial charge on any atom is -0.457 e. The van der Waals surface area contributed by atoms with E-state index in [1.807, 2.05) is 0 Å². The van der Waals surface area contributed by atoms with Gasteiger partial charge in [0.05, 0.1) is 18.3 Å². The Kier molecular flexibility index (Phi) is 3.96. The predicted molar refractivity (Wildman–Crippen MR) is 97.8 cm³/mol. The largest absolute Gasteiger partial charge is 0.457 e. The molecule has 6 heteroatoms. The van der Waals surface area contributed by atoms with Crippen LogP contribution in [0.2, 0.25) is 0 Å². The van der Waals surface area contributed by atoms with Gasteiger partial charge < -0.3 is 4.74 Å². The van der Waals surface area contributed by atoms with Crippen LogP contribution in [-0.4, -0.2) is 41.6 Å². The van der Waals surface area contributed by atoms with E-state index in [-0.39, 0.29) is 60.8 Å². The highest BCUT2D eigenvalue weighted by Crippen LogP contribution is 2.65. The lowest BCUT2D eigenvalue weighted by Gasteiger charge is -2.37. The van der Waals surface area contributed by atoms with Gasteiger partial charge in [-0.2, -0.15) is 0 Å². The van der Waals surface area contributed by atoms with E-state index in [4.69, 9.17) is 4.74 Å². The van der Waals surface area contributed by atoms with E-state index in [2.05, 4.69) is 12.2 Å². The Hall–Kier alpha value is -2.76. The summed E-state index contributed by atoms with van der Waals surface area (Å²) < 4.78 is 5.04. The van der Waals surface area contributed by atoms with Gasteiger partial charge in [0.2, 0.25) is 11.8 Å². The van der Waals surface area contributed by atoms with Crippen molar-refractivity contribution in [3.05, 3.63) is 48.0 Å². The number of nitrogens with zero attached hydrogens (tertiary/aromatic N) is 1. The van der Waals surface area contributed by atoms with Gasteiger partial charge in [-0.15, -0.1) is 0 Å². The van der Waals surface area contributed by atoms with Crippen LogP contribution in [0.3, 0.4) is 0 Å². The molecule has 0 spiro atoms. The molecule has 1 aliphatic heterocycles. The first kappa shape index (κ1) is 17.3. The summed E-state index contributed by atoms with van der Waals surface area (Å²) in [6, 6.07) is 8.60. The van der Waals surface area contributed by atoms with Crippen molar-refractivity contribution in [2.75, 3.05) is 13.2 Å². The summed E-state index contributed by atoms with van der Waals surface area (Å²) >= 11 is 0. The number of benzene rings is 1. The molecule has 0 aromatic heterocycles. The number of Topliss-reactive ketones (excluding diaryl/α,β-unsaturated/α-hetero) is 1. The number of likely N-dealkylation sites (tertiary alicyclic amines) is 1. The molecule has 6 rings (SSSR count). The fourth-order valence-electron chi connectivity index (χ4n) is 5.37. The lowest BCUT2D eigenvalue weighted by atomic mass is 9.63. The minimum atomic E-state index is -0.580. The minimum absolute atomic E-state index is 0.0256. The second kappa shape index (κ2) is 6.40. The van der Waals surface area contributed by atoms with E-state index in [0.717, 1.165) is 6.42 Å². The summed E-state index contributed by atoms with van der Waals surface area (Å²) in [5.41, 5.74) is 0.478. The quantitative estimate of drug-likeness (QED) is 0.326. The lowest BCUT2D eigenvalue weighted by Crippen LogP contribution is -2.40. The SMILES string of the molecule is O=C(CCN1C(=O)C2C3C=CC(C4CC34)C2C1=O)OCC(=O)c1ccccc1.